The first kappa shape index (κ1) is 9.68. The molecule has 0 aliphatic carbocycles. The van der Waals surface area contributed by atoms with Gasteiger partial charge >= 0.3 is 0 Å². The summed E-state index contributed by atoms with van der Waals surface area (Å²) in [4.78, 5) is 0. The summed E-state index contributed by atoms with van der Waals surface area (Å²) in [7, 11) is 1.88. The summed E-state index contributed by atoms with van der Waals surface area (Å²) in [6.45, 7) is 0.782. The molecule has 0 aromatic carbocycles. The zero-order chi connectivity index (χ0) is 9.97. The Hall–Kier alpha value is -0.870. The first-order chi connectivity index (χ1) is 6.75. The molecule has 1 aromatic heterocycles. The van der Waals surface area contributed by atoms with E-state index in [0.29, 0.717) is 6.42 Å². The van der Waals surface area contributed by atoms with E-state index >= 15 is 0 Å². The largest absolute Gasteiger partial charge is 0.390 e. The second kappa shape index (κ2) is 4.11. The number of hydrogen-bond acceptors (Lipinski definition) is 3. The molecular weight excluding hydrogens is 180 g/mol. The van der Waals surface area contributed by atoms with Crippen molar-refractivity contribution in [2.75, 3.05) is 6.61 Å². The van der Waals surface area contributed by atoms with E-state index in [9.17, 15) is 5.11 Å². The summed E-state index contributed by atoms with van der Waals surface area (Å²) in [5.74, 6) is 0. The van der Waals surface area contributed by atoms with Crippen LogP contribution in [0, 0.1) is 0 Å². The third-order valence-electron chi connectivity index (χ3n) is 2.58. The molecule has 2 unspecified atom stereocenters. The molecule has 0 radical (unpaired) electrons. The molecule has 78 valence electrons. The lowest BCUT2D eigenvalue weighted by Gasteiger charge is -2.15. The molecule has 4 nitrogen and oxygen atoms in total. The van der Waals surface area contributed by atoms with E-state index in [1.54, 1.807) is 4.68 Å². The number of nitrogens with zero attached hydrogens (tertiary/aromatic N) is 2. The van der Waals surface area contributed by atoms with E-state index < -0.39 is 6.10 Å². The molecule has 1 saturated heterocycles. The van der Waals surface area contributed by atoms with E-state index in [4.69, 9.17) is 4.74 Å². The first-order valence-corrected chi connectivity index (χ1v) is 5.04. The van der Waals surface area contributed by atoms with Gasteiger partial charge in [0.2, 0.25) is 0 Å². The van der Waals surface area contributed by atoms with Crippen molar-refractivity contribution in [3.8, 4) is 0 Å². The lowest BCUT2D eigenvalue weighted by Crippen LogP contribution is -2.27. The van der Waals surface area contributed by atoms with Crippen molar-refractivity contribution in [1.29, 1.82) is 0 Å². The van der Waals surface area contributed by atoms with Crippen LogP contribution in [0.5, 0.6) is 0 Å². The smallest absolute Gasteiger partial charge is 0.0857 e. The molecule has 0 amide bonds. The highest BCUT2D eigenvalue weighted by Gasteiger charge is 2.24. The molecule has 1 fully saturated rings. The molecule has 2 atom stereocenters. The Morgan fingerprint density at radius 2 is 2.64 bits per heavy atom. The summed E-state index contributed by atoms with van der Waals surface area (Å²) in [6.07, 6.45) is 4.10. The van der Waals surface area contributed by atoms with Crippen molar-refractivity contribution in [2.24, 2.45) is 7.05 Å². The van der Waals surface area contributed by atoms with Crippen LogP contribution in [0.3, 0.4) is 0 Å². The average Bonchev–Trinajstić information content (AvgIpc) is 2.75. The van der Waals surface area contributed by atoms with Crippen LogP contribution in [-0.2, 0) is 18.2 Å². The van der Waals surface area contributed by atoms with Gasteiger partial charge < -0.3 is 9.84 Å². The van der Waals surface area contributed by atoms with E-state index in [0.717, 1.165) is 25.1 Å². The number of aryl methyl sites for hydroxylation is 1. The number of aromatic nitrogens is 2. The Morgan fingerprint density at radius 1 is 1.79 bits per heavy atom. The summed E-state index contributed by atoms with van der Waals surface area (Å²) in [6, 6.07) is 1.93. The van der Waals surface area contributed by atoms with Crippen molar-refractivity contribution in [1.82, 2.24) is 9.78 Å². The Labute approximate surface area is 83.5 Å². The number of ether oxygens (including phenoxy) is 1. The number of hydrogen-bond donors (Lipinski definition) is 1. The van der Waals surface area contributed by atoms with Crippen molar-refractivity contribution in [3.05, 3.63) is 18.0 Å². The lowest BCUT2D eigenvalue weighted by molar-refractivity contribution is -0.00126. The summed E-state index contributed by atoms with van der Waals surface area (Å²) < 4.78 is 7.16. The third kappa shape index (κ3) is 2.13. The predicted molar refractivity (Wildman–Crippen MR) is 51.9 cm³/mol. The fourth-order valence-corrected chi connectivity index (χ4v) is 1.82. The molecule has 4 heteroatoms. The Bertz CT molecular complexity index is 292. The van der Waals surface area contributed by atoms with E-state index in [1.165, 1.54) is 0 Å². The summed E-state index contributed by atoms with van der Waals surface area (Å²) in [5, 5.41) is 14.1. The van der Waals surface area contributed by atoms with Gasteiger partial charge in [-0.3, -0.25) is 4.68 Å². The molecule has 1 aliphatic heterocycles. The zero-order valence-corrected chi connectivity index (χ0v) is 8.39. The van der Waals surface area contributed by atoms with Crippen LogP contribution in [0.1, 0.15) is 18.5 Å². The molecule has 0 saturated carbocycles. The minimum Gasteiger partial charge on any atom is -0.390 e. The monoisotopic (exact) mass is 196 g/mol. The summed E-state index contributed by atoms with van der Waals surface area (Å²) >= 11 is 0. The van der Waals surface area contributed by atoms with Gasteiger partial charge in [0, 0.05) is 26.3 Å². The van der Waals surface area contributed by atoms with Crippen molar-refractivity contribution >= 4 is 0 Å². The van der Waals surface area contributed by atoms with Crippen molar-refractivity contribution in [2.45, 2.75) is 31.5 Å². The average molecular weight is 196 g/mol. The Morgan fingerprint density at radius 3 is 3.21 bits per heavy atom. The van der Waals surface area contributed by atoms with Gasteiger partial charge in [-0.05, 0) is 18.9 Å². The number of aliphatic hydroxyl groups is 1. The van der Waals surface area contributed by atoms with Gasteiger partial charge in [0.05, 0.1) is 17.9 Å². The van der Waals surface area contributed by atoms with Gasteiger partial charge in [-0.15, -0.1) is 0 Å². The lowest BCUT2D eigenvalue weighted by atomic mass is 10.1. The maximum atomic E-state index is 9.84. The molecular formula is C10H16N2O2. The van der Waals surface area contributed by atoms with E-state index in [-0.39, 0.29) is 6.10 Å². The second-order valence-electron chi connectivity index (χ2n) is 3.80. The molecule has 2 heterocycles. The van der Waals surface area contributed by atoms with Crippen LogP contribution < -0.4 is 0 Å². The normalized spacial score (nSPS) is 24.0. The molecule has 2 rings (SSSR count). The molecule has 0 bridgehead atoms. The van der Waals surface area contributed by atoms with Gasteiger partial charge in [0.1, 0.15) is 0 Å². The van der Waals surface area contributed by atoms with Crippen molar-refractivity contribution in [3.63, 3.8) is 0 Å². The van der Waals surface area contributed by atoms with E-state index in [1.807, 2.05) is 19.3 Å². The Kier molecular flexibility index (Phi) is 2.84. The highest BCUT2D eigenvalue weighted by atomic mass is 16.5. The molecule has 1 aliphatic rings. The van der Waals surface area contributed by atoms with Crippen LogP contribution in [0.15, 0.2) is 12.3 Å². The van der Waals surface area contributed by atoms with Crippen LogP contribution >= 0.6 is 0 Å². The van der Waals surface area contributed by atoms with Crippen LogP contribution in [0.25, 0.3) is 0 Å². The van der Waals surface area contributed by atoms with Gasteiger partial charge in [-0.1, -0.05) is 0 Å². The van der Waals surface area contributed by atoms with Crippen LogP contribution in [0.2, 0.25) is 0 Å². The number of aliphatic hydroxyl groups excluding tert-OH is 1. The van der Waals surface area contributed by atoms with Gasteiger partial charge in [0.15, 0.2) is 0 Å². The number of rotatable bonds is 3. The third-order valence-corrected chi connectivity index (χ3v) is 2.58. The molecule has 0 spiro atoms. The topological polar surface area (TPSA) is 47.3 Å². The molecule has 14 heavy (non-hydrogen) atoms. The fourth-order valence-electron chi connectivity index (χ4n) is 1.82. The van der Waals surface area contributed by atoms with E-state index in [2.05, 4.69) is 5.10 Å². The van der Waals surface area contributed by atoms with Gasteiger partial charge in [0.25, 0.3) is 0 Å². The van der Waals surface area contributed by atoms with Gasteiger partial charge in [-0.2, -0.15) is 5.10 Å². The van der Waals surface area contributed by atoms with Crippen LogP contribution in [-0.4, -0.2) is 33.7 Å². The standard InChI is InChI=1S/C10H16N2O2/c1-12-5-4-8(11-12)7-9(13)10-3-2-6-14-10/h4-5,9-10,13H,2-3,6-7H2,1H3. The molecule has 1 N–H and O–H groups in total. The second-order valence-corrected chi connectivity index (χ2v) is 3.80. The predicted octanol–water partition coefficient (Wildman–Crippen LogP) is 0.502. The van der Waals surface area contributed by atoms with Crippen molar-refractivity contribution < 1.29 is 9.84 Å². The van der Waals surface area contributed by atoms with Crippen LogP contribution in [0.4, 0.5) is 0 Å². The highest BCUT2D eigenvalue weighted by molar-refractivity contribution is 5.01. The summed E-state index contributed by atoms with van der Waals surface area (Å²) in [5.41, 5.74) is 0.926. The Balaban J connectivity index is 1.90. The maximum Gasteiger partial charge on any atom is 0.0857 e. The zero-order valence-electron chi connectivity index (χ0n) is 8.39. The van der Waals surface area contributed by atoms with Gasteiger partial charge in [-0.25, -0.2) is 0 Å². The minimum absolute atomic E-state index is 0.0111. The fraction of sp³-hybridized carbons (Fsp3) is 0.700. The minimum atomic E-state index is -0.410. The molecule has 1 aromatic rings. The quantitative estimate of drug-likeness (QED) is 0.766. The maximum absolute atomic E-state index is 9.84. The SMILES string of the molecule is Cn1ccc(CC(O)C2CCCO2)n1. The highest BCUT2D eigenvalue weighted by Crippen LogP contribution is 2.17. The first-order valence-electron chi connectivity index (χ1n) is 5.04.